The van der Waals surface area contributed by atoms with Crippen molar-refractivity contribution in [3.63, 3.8) is 0 Å². The van der Waals surface area contributed by atoms with Crippen molar-refractivity contribution in [2.24, 2.45) is 0 Å². The first kappa shape index (κ1) is 12.1. The first-order chi connectivity index (χ1) is 8.61. The molecule has 2 rings (SSSR count). The third-order valence-electron chi connectivity index (χ3n) is 2.66. The van der Waals surface area contributed by atoms with Crippen molar-refractivity contribution in [3.8, 4) is 0 Å². The molecule has 0 bridgehead atoms. The molecule has 2 aromatic heterocycles. The zero-order chi connectivity index (χ0) is 13.1. The van der Waals surface area contributed by atoms with Gasteiger partial charge in [-0.05, 0) is 13.0 Å². The van der Waals surface area contributed by atoms with Crippen molar-refractivity contribution in [2.75, 3.05) is 12.4 Å². The van der Waals surface area contributed by atoms with Crippen LogP contribution in [0.5, 0.6) is 0 Å². The van der Waals surface area contributed by atoms with Gasteiger partial charge in [-0.1, -0.05) is 6.07 Å². The average Bonchev–Trinajstić information content (AvgIpc) is 2.36. The molecule has 6 heteroatoms. The van der Waals surface area contributed by atoms with Gasteiger partial charge in [-0.15, -0.1) is 0 Å². The van der Waals surface area contributed by atoms with Gasteiger partial charge in [0.1, 0.15) is 5.82 Å². The highest BCUT2D eigenvalue weighted by Gasteiger charge is 2.05. The van der Waals surface area contributed by atoms with Crippen molar-refractivity contribution in [3.05, 3.63) is 56.5 Å². The van der Waals surface area contributed by atoms with Gasteiger partial charge in [0.25, 0.3) is 5.56 Å². The van der Waals surface area contributed by atoms with Crippen LogP contribution in [0, 0.1) is 6.92 Å². The van der Waals surface area contributed by atoms with Gasteiger partial charge in [0.05, 0.1) is 6.54 Å². The number of anilines is 1. The molecule has 0 fully saturated rings. The number of hydrogen-bond acceptors (Lipinski definition) is 4. The van der Waals surface area contributed by atoms with Crippen LogP contribution < -0.4 is 16.6 Å². The lowest BCUT2D eigenvalue weighted by Crippen LogP contribution is -2.31. The van der Waals surface area contributed by atoms with Gasteiger partial charge in [0, 0.05) is 30.6 Å². The highest BCUT2D eigenvalue weighted by atomic mass is 16.2. The topological polar surface area (TPSA) is 79.8 Å². The molecule has 2 aromatic rings. The molecule has 0 saturated carbocycles. The highest BCUT2D eigenvalue weighted by molar-refractivity contribution is 5.43. The SMILES string of the molecule is CNc1ncccc1Cn1cc(C)c(=O)[nH]c1=O. The van der Waals surface area contributed by atoms with Crippen molar-refractivity contribution in [1.29, 1.82) is 0 Å². The maximum atomic E-state index is 11.7. The standard InChI is InChI=1S/C12H14N4O2/c1-8-6-16(12(18)15-11(8)17)7-9-4-3-5-14-10(9)13-2/h3-6H,7H2,1-2H3,(H,13,14)(H,15,17,18). The molecule has 0 aliphatic rings. The minimum absolute atomic E-state index is 0.351. The third-order valence-corrected chi connectivity index (χ3v) is 2.66. The van der Waals surface area contributed by atoms with Crippen molar-refractivity contribution >= 4 is 5.82 Å². The molecule has 2 heterocycles. The number of hydrogen-bond donors (Lipinski definition) is 2. The number of H-pyrrole nitrogens is 1. The number of nitrogens with zero attached hydrogens (tertiary/aromatic N) is 2. The van der Waals surface area contributed by atoms with E-state index >= 15 is 0 Å². The molecule has 0 aliphatic carbocycles. The van der Waals surface area contributed by atoms with Gasteiger partial charge < -0.3 is 5.32 Å². The lowest BCUT2D eigenvalue weighted by Gasteiger charge is -2.09. The van der Waals surface area contributed by atoms with E-state index in [1.165, 1.54) is 4.57 Å². The van der Waals surface area contributed by atoms with E-state index < -0.39 is 5.69 Å². The number of pyridine rings is 1. The lowest BCUT2D eigenvalue weighted by atomic mass is 10.2. The first-order valence-corrected chi connectivity index (χ1v) is 5.54. The maximum absolute atomic E-state index is 11.7. The van der Waals surface area contributed by atoms with Crippen LogP contribution in [0.1, 0.15) is 11.1 Å². The van der Waals surface area contributed by atoms with Gasteiger partial charge in [0.2, 0.25) is 0 Å². The second-order valence-electron chi connectivity index (χ2n) is 3.96. The Kier molecular flexibility index (Phi) is 3.27. The number of aromatic nitrogens is 3. The first-order valence-electron chi connectivity index (χ1n) is 5.54. The molecule has 0 unspecified atom stereocenters. The molecular formula is C12H14N4O2. The molecule has 18 heavy (non-hydrogen) atoms. The Balaban J connectivity index is 2.43. The van der Waals surface area contributed by atoms with E-state index in [1.54, 1.807) is 32.4 Å². The molecule has 0 spiro atoms. The quantitative estimate of drug-likeness (QED) is 0.818. The summed E-state index contributed by atoms with van der Waals surface area (Å²) >= 11 is 0. The molecule has 0 atom stereocenters. The fourth-order valence-electron chi connectivity index (χ4n) is 1.71. The molecule has 0 aliphatic heterocycles. The number of aromatic amines is 1. The predicted octanol–water partition coefficient (Wildman–Crippen LogP) is 0.330. The minimum Gasteiger partial charge on any atom is -0.373 e. The van der Waals surface area contributed by atoms with E-state index in [0.29, 0.717) is 17.9 Å². The molecule has 0 amide bonds. The van der Waals surface area contributed by atoms with Gasteiger partial charge >= 0.3 is 5.69 Å². The van der Waals surface area contributed by atoms with Crippen LogP contribution in [0.25, 0.3) is 0 Å². The summed E-state index contributed by atoms with van der Waals surface area (Å²) < 4.78 is 1.45. The van der Waals surface area contributed by atoms with E-state index in [1.807, 2.05) is 6.07 Å². The second-order valence-corrected chi connectivity index (χ2v) is 3.96. The molecule has 2 N–H and O–H groups in total. The highest BCUT2D eigenvalue weighted by Crippen LogP contribution is 2.11. The van der Waals surface area contributed by atoms with E-state index in [9.17, 15) is 9.59 Å². The van der Waals surface area contributed by atoms with Crippen LogP contribution in [0.2, 0.25) is 0 Å². The number of rotatable bonds is 3. The molecule has 0 saturated heterocycles. The monoisotopic (exact) mass is 246 g/mol. The van der Waals surface area contributed by atoms with Crippen LogP contribution in [0.3, 0.4) is 0 Å². The molecule has 6 nitrogen and oxygen atoms in total. The summed E-state index contributed by atoms with van der Waals surface area (Å²) in [6.45, 7) is 2.03. The van der Waals surface area contributed by atoms with Crippen LogP contribution >= 0.6 is 0 Å². The summed E-state index contributed by atoms with van der Waals surface area (Å²) in [4.78, 5) is 29.4. The summed E-state index contributed by atoms with van der Waals surface area (Å²) in [5.74, 6) is 0.716. The maximum Gasteiger partial charge on any atom is 0.328 e. The average molecular weight is 246 g/mol. The van der Waals surface area contributed by atoms with Gasteiger partial charge in [-0.2, -0.15) is 0 Å². The summed E-state index contributed by atoms with van der Waals surface area (Å²) in [6, 6.07) is 3.69. The largest absolute Gasteiger partial charge is 0.373 e. The van der Waals surface area contributed by atoms with Gasteiger partial charge in [-0.25, -0.2) is 9.78 Å². The Morgan fingerprint density at radius 2 is 2.22 bits per heavy atom. The number of nitrogens with one attached hydrogen (secondary N) is 2. The van der Waals surface area contributed by atoms with Gasteiger partial charge in [-0.3, -0.25) is 14.3 Å². The summed E-state index contributed by atoms with van der Waals surface area (Å²) in [6.07, 6.45) is 3.23. The Labute approximate surface area is 103 Å². The van der Waals surface area contributed by atoms with Crippen LogP contribution in [-0.2, 0) is 6.54 Å². The molecule has 0 radical (unpaired) electrons. The predicted molar refractivity (Wildman–Crippen MR) is 68.9 cm³/mol. The zero-order valence-electron chi connectivity index (χ0n) is 10.2. The van der Waals surface area contributed by atoms with E-state index in [2.05, 4.69) is 15.3 Å². The fourth-order valence-corrected chi connectivity index (χ4v) is 1.71. The fraction of sp³-hybridized carbons (Fsp3) is 0.250. The molecule has 94 valence electrons. The van der Waals surface area contributed by atoms with E-state index in [-0.39, 0.29) is 5.56 Å². The van der Waals surface area contributed by atoms with Crippen LogP contribution in [-0.4, -0.2) is 21.6 Å². The van der Waals surface area contributed by atoms with Gasteiger partial charge in [0.15, 0.2) is 0 Å². The zero-order valence-corrected chi connectivity index (χ0v) is 10.2. The lowest BCUT2D eigenvalue weighted by molar-refractivity contribution is 0.712. The smallest absolute Gasteiger partial charge is 0.328 e. The van der Waals surface area contributed by atoms with E-state index in [0.717, 1.165) is 5.56 Å². The third kappa shape index (κ3) is 2.32. The molecular weight excluding hydrogens is 232 g/mol. The normalized spacial score (nSPS) is 10.3. The number of aryl methyl sites for hydroxylation is 1. The molecule has 0 aromatic carbocycles. The van der Waals surface area contributed by atoms with Crippen molar-refractivity contribution in [2.45, 2.75) is 13.5 Å². The van der Waals surface area contributed by atoms with Crippen molar-refractivity contribution < 1.29 is 0 Å². The summed E-state index contributed by atoms with van der Waals surface area (Å²) in [5.41, 5.74) is 0.617. The van der Waals surface area contributed by atoms with Crippen molar-refractivity contribution in [1.82, 2.24) is 14.5 Å². The Morgan fingerprint density at radius 3 is 2.94 bits per heavy atom. The second kappa shape index (κ2) is 4.87. The van der Waals surface area contributed by atoms with Crippen LogP contribution in [0.4, 0.5) is 5.82 Å². The summed E-state index contributed by atoms with van der Waals surface area (Å²) in [7, 11) is 1.77. The van der Waals surface area contributed by atoms with E-state index in [4.69, 9.17) is 0 Å². The Morgan fingerprint density at radius 1 is 1.44 bits per heavy atom. The Hall–Kier alpha value is -2.37. The summed E-state index contributed by atoms with van der Waals surface area (Å²) in [5, 5.41) is 2.96. The minimum atomic E-state index is -0.420. The Bertz CT molecular complexity index is 672. The van der Waals surface area contributed by atoms with Crippen LogP contribution in [0.15, 0.2) is 34.1 Å².